The second-order valence-corrected chi connectivity index (χ2v) is 5.93. The zero-order chi connectivity index (χ0) is 15.4. The van der Waals surface area contributed by atoms with Crippen molar-refractivity contribution in [1.82, 2.24) is 15.1 Å². The van der Waals surface area contributed by atoms with E-state index in [0.717, 1.165) is 18.0 Å². The molecule has 1 aromatic carbocycles. The molecule has 1 saturated carbocycles. The number of hydrogen-bond donors (Lipinski definition) is 1. The summed E-state index contributed by atoms with van der Waals surface area (Å²) in [6.45, 7) is 5.69. The largest absolute Gasteiger partial charge is 0.492 e. The van der Waals surface area contributed by atoms with E-state index in [9.17, 15) is 0 Å². The molecule has 4 heteroatoms. The van der Waals surface area contributed by atoms with Crippen LogP contribution in [0.5, 0.6) is 5.75 Å². The minimum Gasteiger partial charge on any atom is -0.492 e. The first kappa shape index (κ1) is 15.1. The van der Waals surface area contributed by atoms with Gasteiger partial charge in [0, 0.05) is 23.8 Å². The van der Waals surface area contributed by atoms with Gasteiger partial charge < -0.3 is 10.1 Å². The van der Waals surface area contributed by atoms with Gasteiger partial charge in [-0.25, -0.2) is 4.68 Å². The van der Waals surface area contributed by atoms with Gasteiger partial charge in [-0.1, -0.05) is 25.0 Å². The van der Waals surface area contributed by atoms with Crippen LogP contribution in [0.2, 0.25) is 0 Å². The molecule has 0 aliphatic heterocycles. The van der Waals surface area contributed by atoms with Crippen molar-refractivity contribution in [3.63, 3.8) is 0 Å². The molecule has 0 atom stereocenters. The molecule has 3 rings (SSSR count). The lowest BCUT2D eigenvalue weighted by Crippen LogP contribution is -2.25. The molecule has 4 nitrogen and oxygen atoms in total. The molecule has 0 unspecified atom stereocenters. The predicted octanol–water partition coefficient (Wildman–Crippen LogP) is 3.61. The lowest BCUT2D eigenvalue weighted by Gasteiger charge is -2.13. The molecule has 0 radical (unpaired) electrons. The molecule has 0 bridgehead atoms. The van der Waals surface area contributed by atoms with Crippen LogP contribution in [-0.2, 0) is 6.54 Å². The SMILES string of the molecule is CCOc1ccccc1-n1ncc(CNC2CCCC2)c1C. The van der Waals surface area contributed by atoms with Gasteiger partial charge in [-0.3, -0.25) is 0 Å². The van der Waals surface area contributed by atoms with Crippen LogP contribution < -0.4 is 10.1 Å². The number of ether oxygens (including phenoxy) is 1. The first-order valence-corrected chi connectivity index (χ1v) is 8.28. The highest BCUT2D eigenvalue weighted by atomic mass is 16.5. The van der Waals surface area contributed by atoms with Gasteiger partial charge >= 0.3 is 0 Å². The summed E-state index contributed by atoms with van der Waals surface area (Å²) in [7, 11) is 0. The number of aromatic nitrogens is 2. The van der Waals surface area contributed by atoms with Crippen molar-refractivity contribution < 1.29 is 4.74 Å². The quantitative estimate of drug-likeness (QED) is 0.885. The van der Waals surface area contributed by atoms with E-state index in [1.165, 1.54) is 36.9 Å². The minimum absolute atomic E-state index is 0.660. The second-order valence-electron chi connectivity index (χ2n) is 5.93. The highest BCUT2D eigenvalue weighted by molar-refractivity contribution is 5.47. The zero-order valence-corrected chi connectivity index (χ0v) is 13.5. The van der Waals surface area contributed by atoms with Gasteiger partial charge in [-0.2, -0.15) is 5.10 Å². The summed E-state index contributed by atoms with van der Waals surface area (Å²) in [6, 6.07) is 8.75. The van der Waals surface area contributed by atoms with Crippen molar-refractivity contribution in [2.24, 2.45) is 0 Å². The number of hydrogen-bond acceptors (Lipinski definition) is 3. The maximum Gasteiger partial charge on any atom is 0.144 e. The second kappa shape index (κ2) is 6.97. The Balaban J connectivity index is 1.78. The van der Waals surface area contributed by atoms with Crippen molar-refractivity contribution in [3.8, 4) is 11.4 Å². The third-order valence-electron chi connectivity index (χ3n) is 4.44. The van der Waals surface area contributed by atoms with Crippen molar-refractivity contribution in [1.29, 1.82) is 0 Å². The number of nitrogens with one attached hydrogen (secondary N) is 1. The Kier molecular flexibility index (Phi) is 4.78. The Morgan fingerprint density at radius 3 is 2.82 bits per heavy atom. The van der Waals surface area contributed by atoms with E-state index in [1.54, 1.807) is 0 Å². The predicted molar refractivity (Wildman–Crippen MR) is 88.6 cm³/mol. The van der Waals surface area contributed by atoms with Crippen molar-refractivity contribution >= 4 is 0 Å². The molecular weight excluding hydrogens is 274 g/mol. The van der Waals surface area contributed by atoms with Crippen LogP contribution >= 0.6 is 0 Å². The van der Waals surface area contributed by atoms with Crippen LogP contribution in [0.1, 0.15) is 43.9 Å². The van der Waals surface area contributed by atoms with E-state index >= 15 is 0 Å². The molecule has 0 spiro atoms. The summed E-state index contributed by atoms with van der Waals surface area (Å²) in [4.78, 5) is 0. The Labute approximate surface area is 132 Å². The highest BCUT2D eigenvalue weighted by Crippen LogP contribution is 2.25. The summed E-state index contributed by atoms with van der Waals surface area (Å²) in [5.41, 5.74) is 3.45. The van der Waals surface area contributed by atoms with Gasteiger partial charge in [0.05, 0.1) is 12.8 Å². The molecular formula is C18H25N3O. The van der Waals surface area contributed by atoms with Gasteiger partial charge in [-0.15, -0.1) is 0 Å². The fourth-order valence-electron chi connectivity index (χ4n) is 3.15. The molecule has 1 fully saturated rings. The van der Waals surface area contributed by atoms with Crippen LogP contribution in [-0.4, -0.2) is 22.4 Å². The van der Waals surface area contributed by atoms with Crippen molar-refractivity contribution in [2.75, 3.05) is 6.61 Å². The van der Waals surface area contributed by atoms with E-state index in [2.05, 4.69) is 23.4 Å². The van der Waals surface area contributed by atoms with Crippen molar-refractivity contribution in [3.05, 3.63) is 41.7 Å². The van der Waals surface area contributed by atoms with Crippen LogP contribution in [0.15, 0.2) is 30.5 Å². The lowest BCUT2D eigenvalue weighted by molar-refractivity contribution is 0.338. The molecule has 1 aliphatic carbocycles. The summed E-state index contributed by atoms with van der Waals surface area (Å²) in [6.07, 6.45) is 7.30. The number of rotatable bonds is 6. The average Bonchev–Trinajstić information content (AvgIpc) is 3.16. The molecule has 2 aromatic rings. The monoisotopic (exact) mass is 299 g/mol. The topological polar surface area (TPSA) is 39.1 Å². The van der Waals surface area contributed by atoms with Gasteiger partial charge in [0.2, 0.25) is 0 Å². The van der Waals surface area contributed by atoms with E-state index < -0.39 is 0 Å². The molecule has 118 valence electrons. The number of benzene rings is 1. The van der Waals surface area contributed by atoms with Crippen molar-refractivity contribution in [2.45, 2.75) is 52.1 Å². The first-order valence-electron chi connectivity index (χ1n) is 8.28. The fourth-order valence-corrected chi connectivity index (χ4v) is 3.15. The molecule has 0 amide bonds. The van der Waals surface area contributed by atoms with Gasteiger partial charge in [0.25, 0.3) is 0 Å². The third kappa shape index (κ3) is 3.17. The number of nitrogens with zero attached hydrogens (tertiary/aromatic N) is 2. The van der Waals surface area contributed by atoms with Gasteiger partial charge in [0.15, 0.2) is 0 Å². The van der Waals surface area contributed by atoms with Gasteiger partial charge in [0.1, 0.15) is 11.4 Å². The summed E-state index contributed by atoms with van der Waals surface area (Å²) in [5.74, 6) is 0.881. The fraction of sp³-hybridized carbons (Fsp3) is 0.500. The molecule has 1 N–H and O–H groups in total. The van der Waals surface area contributed by atoms with E-state index in [-0.39, 0.29) is 0 Å². The lowest BCUT2D eigenvalue weighted by atomic mass is 10.2. The molecule has 1 aliphatic rings. The van der Waals surface area contributed by atoms with Crippen LogP contribution in [0.3, 0.4) is 0 Å². The number of para-hydroxylation sites is 2. The average molecular weight is 299 g/mol. The summed E-state index contributed by atoms with van der Waals surface area (Å²) < 4.78 is 7.70. The Hall–Kier alpha value is -1.81. The standard InChI is InChI=1S/C18H25N3O/c1-3-22-18-11-7-6-10-17(18)21-14(2)15(13-20-21)12-19-16-8-4-5-9-16/h6-7,10-11,13,16,19H,3-5,8-9,12H2,1-2H3. The molecule has 1 heterocycles. The summed E-state index contributed by atoms with van der Waals surface area (Å²) in [5, 5.41) is 8.23. The zero-order valence-electron chi connectivity index (χ0n) is 13.5. The Morgan fingerprint density at radius 1 is 1.27 bits per heavy atom. The van der Waals surface area contributed by atoms with E-state index in [4.69, 9.17) is 4.74 Å². The minimum atomic E-state index is 0.660. The highest BCUT2D eigenvalue weighted by Gasteiger charge is 2.16. The van der Waals surface area contributed by atoms with E-state index in [1.807, 2.05) is 36.0 Å². The van der Waals surface area contributed by atoms with Gasteiger partial charge in [-0.05, 0) is 38.8 Å². The van der Waals surface area contributed by atoms with Crippen LogP contribution in [0.25, 0.3) is 5.69 Å². The first-order chi connectivity index (χ1) is 10.8. The maximum absolute atomic E-state index is 5.72. The normalized spacial score (nSPS) is 15.4. The third-order valence-corrected chi connectivity index (χ3v) is 4.44. The Morgan fingerprint density at radius 2 is 2.05 bits per heavy atom. The summed E-state index contributed by atoms with van der Waals surface area (Å²) >= 11 is 0. The van der Waals surface area contributed by atoms with E-state index in [0.29, 0.717) is 12.6 Å². The Bertz CT molecular complexity index is 615. The smallest absolute Gasteiger partial charge is 0.144 e. The molecule has 22 heavy (non-hydrogen) atoms. The molecule has 0 saturated heterocycles. The maximum atomic E-state index is 5.72. The van der Waals surface area contributed by atoms with Crippen LogP contribution in [0.4, 0.5) is 0 Å². The van der Waals surface area contributed by atoms with Crippen LogP contribution in [0, 0.1) is 6.92 Å². The molecule has 1 aromatic heterocycles.